The summed E-state index contributed by atoms with van der Waals surface area (Å²) in [6.07, 6.45) is 3.59. The highest BCUT2D eigenvalue weighted by molar-refractivity contribution is 5.80. The van der Waals surface area contributed by atoms with Gasteiger partial charge in [0.25, 0.3) is 0 Å². The fourth-order valence-corrected chi connectivity index (χ4v) is 3.63. The number of benzene rings is 2. The molecule has 0 saturated carbocycles. The van der Waals surface area contributed by atoms with E-state index in [4.69, 9.17) is 10.7 Å². The van der Waals surface area contributed by atoms with Crippen LogP contribution in [0.5, 0.6) is 0 Å². The van der Waals surface area contributed by atoms with Crippen LogP contribution in [0.1, 0.15) is 35.8 Å². The molecule has 0 amide bonds. The summed E-state index contributed by atoms with van der Waals surface area (Å²) in [5.74, 6) is 1.07. The third-order valence-electron chi connectivity index (χ3n) is 4.54. The van der Waals surface area contributed by atoms with Gasteiger partial charge < -0.3 is 10.3 Å². The van der Waals surface area contributed by atoms with E-state index in [-0.39, 0.29) is 0 Å². The van der Waals surface area contributed by atoms with Gasteiger partial charge in [-0.15, -0.1) is 0 Å². The molecule has 2 aromatic carbocycles. The maximum absolute atomic E-state index is 5.89. The second-order valence-electron chi connectivity index (χ2n) is 5.88. The quantitative estimate of drug-likeness (QED) is 0.686. The number of aromatic nitrogens is 2. The maximum Gasteiger partial charge on any atom is 0.107 e. The topological polar surface area (TPSA) is 43.8 Å². The minimum absolute atomic E-state index is 0.392. The van der Waals surface area contributed by atoms with Gasteiger partial charge in [0.15, 0.2) is 0 Å². The predicted octanol–water partition coefficient (Wildman–Crippen LogP) is 3.85. The van der Waals surface area contributed by atoms with Crippen molar-refractivity contribution in [1.29, 1.82) is 0 Å². The van der Waals surface area contributed by atoms with Crippen LogP contribution >= 0.6 is 0 Å². The molecule has 0 spiro atoms. The van der Waals surface area contributed by atoms with E-state index >= 15 is 0 Å². The predicted molar refractivity (Wildman–Crippen MR) is 86.4 cm³/mol. The Balaban J connectivity index is 1.94. The minimum atomic E-state index is 0.392. The van der Waals surface area contributed by atoms with Gasteiger partial charge in [-0.2, -0.15) is 0 Å². The van der Waals surface area contributed by atoms with Crippen LogP contribution in [0, 0.1) is 6.92 Å². The Kier molecular flexibility index (Phi) is 2.74. The summed E-state index contributed by atoms with van der Waals surface area (Å²) in [7, 11) is 0. The summed E-state index contributed by atoms with van der Waals surface area (Å²) in [5.41, 5.74) is 11.8. The van der Waals surface area contributed by atoms with Crippen molar-refractivity contribution in [2.75, 3.05) is 5.73 Å². The van der Waals surface area contributed by atoms with Crippen molar-refractivity contribution in [2.45, 2.75) is 32.2 Å². The van der Waals surface area contributed by atoms with Crippen molar-refractivity contribution in [3.8, 4) is 0 Å². The zero-order valence-corrected chi connectivity index (χ0v) is 12.2. The van der Waals surface area contributed by atoms with E-state index in [2.05, 4.69) is 41.8 Å². The molecular formula is C18H19N3. The lowest BCUT2D eigenvalue weighted by atomic mass is 9.87. The molecule has 2 N–H and O–H groups in total. The fraction of sp³-hybridized carbons (Fsp3) is 0.278. The van der Waals surface area contributed by atoms with Crippen LogP contribution in [0.3, 0.4) is 0 Å². The van der Waals surface area contributed by atoms with E-state index in [1.54, 1.807) is 0 Å². The monoisotopic (exact) mass is 277 g/mol. The summed E-state index contributed by atoms with van der Waals surface area (Å²) < 4.78 is 2.38. The Bertz CT molecular complexity index is 816. The molecule has 4 rings (SSSR count). The third kappa shape index (κ3) is 1.92. The first-order chi connectivity index (χ1) is 10.2. The summed E-state index contributed by atoms with van der Waals surface area (Å²) in [6, 6.07) is 15.2. The molecule has 1 unspecified atom stereocenters. The lowest BCUT2D eigenvalue weighted by Gasteiger charge is -2.28. The Morgan fingerprint density at radius 2 is 2.05 bits per heavy atom. The van der Waals surface area contributed by atoms with Crippen molar-refractivity contribution in [3.63, 3.8) is 0 Å². The molecule has 1 heterocycles. The lowest BCUT2D eigenvalue weighted by Crippen LogP contribution is -2.18. The van der Waals surface area contributed by atoms with Crippen LogP contribution in [-0.4, -0.2) is 9.55 Å². The molecule has 0 radical (unpaired) electrons. The van der Waals surface area contributed by atoms with Crippen molar-refractivity contribution < 1.29 is 0 Å². The van der Waals surface area contributed by atoms with Gasteiger partial charge >= 0.3 is 0 Å². The normalized spacial score (nSPS) is 17.9. The number of nitrogen functional groups attached to an aromatic ring is 1. The molecule has 3 nitrogen and oxygen atoms in total. The Hall–Kier alpha value is -2.29. The molecular weight excluding hydrogens is 258 g/mol. The average molecular weight is 277 g/mol. The molecule has 0 fully saturated rings. The minimum Gasteiger partial charge on any atom is -0.399 e. The van der Waals surface area contributed by atoms with Crippen molar-refractivity contribution >= 4 is 16.7 Å². The SMILES string of the molecule is Cc1nc2cc(N)ccc2n1C1CCCc2ccccc21. The zero-order valence-electron chi connectivity index (χ0n) is 12.2. The van der Waals surface area contributed by atoms with Crippen molar-refractivity contribution in [3.05, 3.63) is 59.4 Å². The van der Waals surface area contributed by atoms with E-state index in [1.165, 1.54) is 35.9 Å². The molecule has 1 aliphatic carbocycles. The summed E-state index contributed by atoms with van der Waals surface area (Å²) in [5, 5.41) is 0. The van der Waals surface area contributed by atoms with E-state index in [1.807, 2.05) is 12.1 Å². The third-order valence-corrected chi connectivity index (χ3v) is 4.54. The molecule has 1 atom stereocenters. The molecule has 106 valence electrons. The van der Waals surface area contributed by atoms with Crippen LogP contribution in [0.25, 0.3) is 11.0 Å². The molecule has 0 saturated heterocycles. The second-order valence-corrected chi connectivity index (χ2v) is 5.88. The van der Waals surface area contributed by atoms with E-state index in [9.17, 15) is 0 Å². The molecule has 3 aromatic rings. The second kappa shape index (κ2) is 4.62. The molecule has 0 aliphatic heterocycles. The summed E-state index contributed by atoms with van der Waals surface area (Å²) in [6.45, 7) is 2.09. The first-order valence-corrected chi connectivity index (χ1v) is 7.56. The van der Waals surface area contributed by atoms with Crippen LogP contribution in [0.15, 0.2) is 42.5 Å². The van der Waals surface area contributed by atoms with Crippen LogP contribution in [0.4, 0.5) is 5.69 Å². The first kappa shape index (κ1) is 12.5. The van der Waals surface area contributed by atoms with Gasteiger partial charge in [-0.25, -0.2) is 4.98 Å². The molecule has 0 bridgehead atoms. The highest BCUT2D eigenvalue weighted by atomic mass is 15.1. The number of fused-ring (bicyclic) bond motifs is 2. The highest BCUT2D eigenvalue weighted by Crippen LogP contribution is 2.36. The Morgan fingerprint density at radius 3 is 2.95 bits per heavy atom. The van der Waals surface area contributed by atoms with E-state index in [0.717, 1.165) is 17.0 Å². The zero-order chi connectivity index (χ0) is 14.4. The summed E-state index contributed by atoms with van der Waals surface area (Å²) in [4.78, 5) is 4.71. The number of rotatable bonds is 1. The van der Waals surface area contributed by atoms with Crippen molar-refractivity contribution in [2.24, 2.45) is 0 Å². The average Bonchev–Trinajstić information content (AvgIpc) is 2.81. The van der Waals surface area contributed by atoms with E-state index < -0.39 is 0 Å². The van der Waals surface area contributed by atoms with Gasteiger partial charge in [0, 0.05) is 5.69 Å². The number of anilines is 1. The Morgan fingerprint density at radius 1 is 1.19 bits per heavy atom. The van der Waals surface area contributed by atoms with Gasteiger partial charge in [-0.1, -0.05) is 24.3 Å². The number of hydrogen-bond donors (Lipinski definition) is 1. The number of imidazole rings is 1. The van der Waals surface area contributed by atoms with Gasteiger partial charge in [-0.3, -0.25) is 0 Å². The van der Waals surface area contributed by atoms with Gasteiger partial charge in [0.2, 0.25) is 0 Å². The smallest absolute Gasteiger partial charge is 0.107 e. The fourth-order valence-electron chi connectivity index (χ4n) is 3.63. The highest BCUT2D eigenvalue weighted by Gasteiger charge is 2.24. The van der Waals surface area contributed by atoms with Gasteiger partial charge in [0.1, 0.15) is 5.82 Å². The summed E-state index contributed by atoms with van der Waals surface area (Å²) >= 11 is 0. The van der Waals surface area contributed by atoms with Crippen LogP contribution in [0.2, 0.25) is 0 Å². The molecule has 1 aromatic heterocycles. The number of nitrogens with zero attached hydrogens (tertiary/aromatic N) is 2. The van der Waals surface area contributed by atoms with E-state index in [0.29, 0.717) is 6.04 Å². The maximum atomic E-state index is 5.89. The lowest BCUT2D eigenvalue weighted by molar-refractivity contribution is 0.491. The van der Waals surface area contributed by atoms with Gasteiger partial charge in [-0.05, 0) is 55.5 Å². The van der Waals surface area contributed by atoms with Crippen LogP contribution in [-0.2, 0) is 6.42 Å². The number of aryl methyl sites for hydroxylation is 2. The first-order valence-electron chi connectivity index (χ1n) is 7.56. The molecule has 21 heavy (non-hydrogen) atoms. The number of hydrogen-bond acceptors (Lipinski definition) is 2. The van der Waals surface area contributed by atoms with Crippen LogP contribution < -0.4 is 5.73 Å². The Labute approximate surface area is 124 Å². The molecule has 1 aliphatic rings. The number of nitrogens with two attached hydrogens (primary N) is 1. The van der Waals surface area contributed by atoms with Crippen molar-refractivity contribution in [1.82, 2.24) is 9.55 Å². The van der Waals surface area contributed by atoms with Gasteiger partial charge in [0.05, 0.1) is 17.1 Å². The molecule has 3 heteroatoms. The largest absolute Gasteiger partial charge is 0.399 e. The standard InChI is InChI=1S/C18H19N3/c1-12-20-16-11-14(19)9-10-18(16)21(12)17-8-4-6-13-5-2-3-7-15(13)17/h2-3,5,7,9-11,17H,4,6,8,19H2,1H3.